The van der Waals surface area contributed by atoms with Gasteiger partial charge in [0.15, 0.2) is 29.4 Å². The first-order valence-electron chi connectivity index (χ1n) is 25.4. The Hall–Kier alpha value is -1.48. The lowest BCUT2D eigenvalue weighted by molar-refractivity contribution is -0.113. The molecule has 0 aromatic carbocycles. The van der Waals surface area contributed by atoms with E-state index in [-0.39, 0.29) is 18.9 Å². The van der Waals surface area contributed by atoms with E-state index in [9.17, 15) is 14.6 Å². The van der Waals surface area contributed by atoms with E-state index in [1.807, 2.05) is 0 Å². The number of nitrogens with zero attached hydrogens (tertiary/aromatic N) is 4. The Labute approximate surface area is 391 Å². The summed E-state index contributed by atoms with van der Waals surface area (Å²) in [6.45, 7) is 6.48. The number of hydrogen-bond acceptors (Lipinski definition) is 11. The summed E-state index contributed by atoms with van der Waals surface area (Å²) in [5.41, 5.74) is -1.21. The number of alkyl halides is 2. The molecule has 1 saturated heterocycles. The Morgan fingerprint density at radius 1 is 0.781 bits per heavy atom. The van der Waals surface area contributed by atoms with Gasteiger partial charge in [0.05, 0.1) is 32.0 Å². The van der Waals surface area contributed by atoms with Crippen molar-refractivity contribution in [2.45, 2.75) is 231 Å². The highest BCUT2D eigenvalue weighted by atomic mass is 35.5. The minimum absolute atomic E-state index is 0.201. The van der Waals surface area contributed by atoms with Gasteiger partial charge in [-0.2, -0.15) is 0 Å². The molecule has 0 radical (unpaired) electrons. The summed E-state index contributed by atoms with van der Waals surface area (Å²) >= 11 is 6.27. The van der Waals surface area contributed by atoms with Gasteiger partial charge in [0.25, 0.3) is 0 Å². The quantitative estimate of drug-likeness (QED) is 0.0329. The third-order valence-corrected chi connectivity index (χ3v) is 13.8. The van der Waals surface area contributed by atoms with E-state index in [4.69, 9.17) is 34.9 Å². The Morgan fingerprint density at radius 2 is 1.27 bits per heavy atom. The largest absolute Gasteiger partial charge is 0.472 e. The maximum absolute atomic E-state index is 15.8. The molecule has 2 unspecified atom stereocenters. The fraction of sp³-hybridized carbons (Fsp3) is 0.896. The van der Waals surface area contributed by atoms with Crippen LogP contribution in [0, 0.1) is 6.92 Å². The second-order valence-electron chi connectivity index (χ2n) is 18.1. The minimum atomic E-state index is -4.74. The molecule has 0 amide bonds. The molecule has 3 N–H and O–H groups in total. The zero-order valence-electron chi connectivity index (χ0n) is 40.3. The second kappa shape index (κ2) is 33.9. The zero-order valence-corrected chi connectivity index (χ0v) is 41.9. The van der Waals surface area contributed by atoms with Crippen LogP contribution in [0.25, 0.3) is 11.2 Å². The summed E-state index contributed by atoms with van der Waals surface area (Å²) in [6, 6.07) is 0. The highest BCUT2D eigenvalue weighted by Crippen LogP contribution is 2.48. The fourth-order valence-electron chi connectivity index (χ4n) is 8.40. The Bertz CT molecular complexity index is 1530. The first kappa shape index (κ1) is 56.8. The zero-order chi connectivity index (χ0) is 46.3. The first-order valence-corrected chi connectivity index (χ1v) is 27.4. The van der Waals surface area contributed by atoms with E-state index < -0.39 is 50.5 Å². The molecule has 3 heterocycles. The molecule has 1 aliphatic heterocycles. The molecule has 1 fully saturated rings. The van der Waals surface area contributed by atoms with Crippen LogP contribution in [0.5, 0.6) is 0 Å². The van der Waals surface area contributed by atoms with E-state index in [1.165, 1.54) is 159 Å². The molecule has 16 heteroatoms. The number of halogens is 2. The SMILES string of the molecule is CCCCCCCCCCCCCCCCOCC(COP(=O)(O)OC[C@@]1(CCl)O[C@@H](n2cnc3c(NC)nc(C)nc32)[C@@H](F)[C@@H]1O)OCCCCCCCCCCCCCCCC. The Kier molecular flexibility index (Phi) is 30.1. The number of hydrogen-bond donors (Lipinski definition) is 3. The molecule has 0 saturated carbocycles. The number of phosphoric acid groups is 1. The van der Waals surface area contributed by atoms with Crippen LogP contribution < -0.4 is 5.32 Å². The molecular formula is C48H88ClFN5O8P. The number of aliphatic hydroxyl groups is 1. The normalized spacial score (nSPS) is 20.3. The number of rotatable bonds is 42. The number of anilines is 1. The number of fused-ring (bicyclic) bond motifs is 1. The summed E-state index contributed by atoms with van der Waals surface area (Å²) in [5, 5.41) is 14.0. The molecule has 3 rings (SSSR count). The smallest absolute Gasteiger partial charge is 0.387 e. The van der Waals surface area contributed by atoms with E-state index in [0.29, 0.717) is 30.4 Å². The van der Waals surface area contributed by atoms with E-state index in [0.717, 1.165) is 32.1 Å². The molecule has 1 aliphatic rings. The highest BCUT2D eigenvalue weighted by molar-refractivity contribution is 7.47. The van der Waals surface area contributed by atoms with Crippen molar-refractivity contribution in [2.75, 3.05) is 51.3 Å². The maximum atomic E-state index is 15.8. The lowest BCUT2D eigenvalue weighted by Crippen LogP contribution is -2.47. The third kappa shape index (κ3) is 21.6. The average Bonchev–Trinajstić information content (AvgIpc) is 3.82. The molecule has 2 aromatic rings. The number of imidazole rings is 1. The molecule has 6 atom stereocenters. The van der Waals surface area contributed by atoms with Crippen LogP contribution in [0.1, 0.15) is 206 Å². The number of ether oxygens (including phenoxy) is 3. The molecular weight excluding hydrogens is 860 g/mol. The topological polar surface area (TPSA) is 159 Å². The van der Waals surface area contributed by atoms with Crippen LogP contribution >= 0.6 is 19.4 Å². The van der Waals surface area contributed by atoms with E-state index in [1.54, 1.807) is 14.0 Å². The summed E-state index contributed by atoms with van der Waals surface area (Å²) in [4.78, 5) is 23.8. The summed E-state index contributed by atoms with van der Waals surface area (Å²) < 4.78 is 59.3. The van der Waals surface area contributed by atoms with Gasteiger partial charge in [0.1, 0.15) is 23.6 Å². The molecule has 372 valence electrons. The van der Waals surface area contributed by atoms with Gasteiger partial charge < -0.3 is 29.5 Å². The van der Waals surface area contributed by atoms with Gasteiger partial charge in [0.2, 0.25) is 0 Å². The molecule has 2 aromatic heterocycles. The van der Waals surface area contributed by atoms with Crippen LogP contribution in [0.3, 0.4) is 0 Å². The van der Waals surface area contributed by atoms with Crippen molar-refractivity contribution in [1.29, 1.82) is 0 Å². The van der Waals surface area contributed by atoms with Crippen molar-refractivity contribution < 1.29 is 42.2 Å². The van der Waals surface area contributed by atoms with Gasteiger partial charge in [-0.25, -0.2) is 23.9 Å². The Morgan fingerprint density at radius 3 is 1.75 bits per heavy atom. The van der Waals surface area contributed by atoms with Gasteiger partial charge in [-0.15, -0.1) is 11.6 Å². The van der Waals surface area contributed by atoms with Crippen molar-refractivity contribution in [1.82, 2.24) is 19.5 Å². The fourth-order valence-corrected chi connectivity index (χ4v) is 9.50. The van der Waals surface area contributed by atoms with Crippen molar-refractivity contribution in [3.05, 3.63) is 12.2 Å². The number of phosphoric ester groups is 1. The van der Waals surface area contributed by atoms with Gasteiger partial charge in [-0.3, -0.25) is 13.6 Å². The van der Waals surface area contributed by atoms with Crippen molar-refractivity contribution in [3.63, 3.8) is 0 Å². The molecule has 0 bridgehead atoms. The van der Waals surface area contributed by atoms with E-state index >= 15 is 4.39 Å². The summed E-state index contributed by atoms with van der Waals surface area (Å²) in [7, 11) is -3.06. The minimum Gasteiger partial charge on any atom is -0.387 e. The van der Waals surface area contributed by atoms with Crippen LogP contribution in [-0.2, 0) is 27.8 Å². The number of unbranched alkanes of at least 4 members (excludes halogenated alkanes) is 26. The predicted molar refractivity (Wildman–Crippen MR) is 257 cm³/mol. The highest BCUT2D eigenvalue weighted by Gasteiger charge is 2.57. The number of nitrogens with one attached hydrogen (secondary N) is 1. The second-order valence-corrected chi connectivity index (χ2v) is 19.8. The standard InChI is InChI=1S/C48H88ClFN5O8P/c1-5-7-9-11-13-15-17-19-21-23-25-27-29-31-33-59-35-41(60-34-32-30-28-26-24-22-20-18-16-14-12-10-8-6-2)36-61-64(57,58)62-38-48(37-49)44(56)42(50)47(63-48)55-39-52-43-45(51-4)53-40(3)54-46(43)55/h39,41-42,44,47,56H,5-38H2,1-4H3,(H,57,58)(H,51,53,54)/t41?,42-,44-,47+,48+/m0/s1. The maximum Gasteiger partial charge on any atom is 0.472 e. The van der Waals surface area contributed by atoms with Crippen LogP contribution in [0.4, 0.5) is 10.2 Å². The lowest BCUT2D eigenvalue weighted by Gasteiger charge is -2.30. The van der Waals surface area contributed by atoms with Gasteiger partial charge in [0, 0.05) is 20.3 Å². The number of aromatic nitrogens is 4. The van der Waals surface area contributed by atoms with E-state index in [2.05, 4.69) is 34.1 Å². The molecule has 0 aliphatic carbocycles. The summed E-state index contributed by atoms with van der Waals surface area (Å²) in [6.07, 6.45) is 31.1. The molecule has 64 heavy (non-hydrogen) atoms. The van der Waals surface area contributed by atoms with Gasteiger partial charge in [-0.1, -0.05) is 181 Å². The van der Waals surface area contributed by atoms with Crippen molar-refractivity contribution in [3.8, 4) is 0 Å². The number of aliphatic hydroxyl groups excluding tert-OH is 1. The molecule has 0 spiro atoms. The van der Waals surface area contributed by atoms with Gasteiger partial charge in [-0.05, 0) is 19.8 Å². The van der Waals surface area contributed by atoms with Crippen molar-refractivity contribution in [2.24, 2.45) is 0 Å². The third-order valence-electron chi connectivity index (χ3n) is 12.4. The summed E-state index contributed by atoms with van der Waals surface area (Å²) in [5.74, 6) is 0.424. The average molecular weight is 949 g/mol. The first-order chi connectivity index (χ1) is 31.1. The predicted octanol–water partition coefficient (Wildman–Crippen LogP) is 12.9. The van der Waals surface area contributed by atoms with Gasteiger partial charge >= 0.3 is 7.82 Å². The van der Waals surface area contributed by atoms with Crippen LogP contribution in [0.2, 0.25) is 0 Å². The Balaban J connectivity index is 1.42. The number of aryl methyl sites for hydroxylation is 1. The lowest BCUT2D eigenvalue weighted by atomic mass is 9.99. The van der Waals surface area contributed by atoms with Crippen molar-refractivity contribution >= 4 is 36.4 Å². The van der Waals surface area contributed by atoms with Crippen LogP contribution in [-0.4, -0.2) is 99.5 Å². The molecule has 13 nitrogen and oxygen atoms in total. The monoisotopic (exact) mass is 948 g/mol. The van der Waals surface area contributed by atoms with Crippen LogP contribution in [0.15, 0.2) is 6.33 Å².